The van der Waals surface area contributed by atoms with Gasteiger partial charge in [-0.3, -0.25) is 0 Å². The average Bonchev–Trinajstić information content (AvgIpc) is 2.25. The van der Waals surface area contributed by atoms with E-state index in [1.807, 2.05) is 0 Å². The van der Waals surface area contributed by atoms with Crippen LogP contribution in [0.4, 0.5) is 5.82 Å². The Labute approximate surface area is 108 Å². The van der Waals surface area contributed by atoms with Crippen molar-refractivity contribution in [3.05, 3.63) is 17.1 Å². The van der Waals surface area contributed by atoms with Gasteiger partial charge in [-0.15, -0.1) is 0 Å². The second-order valence-corrected chi connectivity index (χ2v) is 4.64. The molecular weight excluding hydrogens is 230 g/mol. The zero-order valence-corrected chi connectivity index (χ0v) is 11.5. The highest BCUT2D eigenvalue weighted by molar-refractivity contribution is 5.95. The van der Waals surface area contributed by atoms with Crippen molar-refractivity contribution >= 4 is 11.8 Å². The Balaban J connectivity index is 2.94. The van der Waals surface area contributed by atoms with Gasteiger partial charge in [0.15, 0.2) is 0 Å². The summed E-state index contributed by atoms with van der Waals surface area (Å²) in [7, 11) is 0. The molecule has 0 unspecified atom stereocenters. The number of aryl methyl sites for hydroxylation is 2. The molecule has 0 saturated heterocycles. The van der Waals surface area contributed by atoms with Crippen LogP contribution in [0.1, 0.15) is 49.1 Å². The van der Waals surface area contributed by atoms with Gasteiger partial charge < -0.3 is 10.5 Å². The number of ether oxygens (including phenoxy) is 1. The number of hydrogen-bond acceptors (Lipinski definition) is 5. The maximum atomic E-state index is 11.7. The molecule has 0 fully saturated rings. The number of hydrogen-bond donors (Lipinski definition) is 1. The predicted molar refractivity (Wildman–Crippen MR) is 70.3 cm³/mol. The van der Waals surface area contributed by atoms with Gasteiger partial charge in [0.25, 0.3) is 0 Å². The molecular formula is C13H21N3O2. The highest BCUT2D eigenvalue weighted by Gasteiger charge is 2.17. The molecule has 0 radical (unpaired) electrons. The van der Waals surface area contributed by atoms with Crippen molar-refractivity contribution < 1.29 is 9.53 Å². The fourth-order valence-corrected chi connectivity index (χ4v) is 1.64. The van der Waals surface area contributed by atoms with Crippen molar-refractivity contribution in [3.8, 4) is 0 Å². The van der Waals surface area contributed by atoms with Gasteiger partial charge in [-0.25, -0.2) is 14.8 Å². The number of carbonyl (C=O) groups is 1. The minimum atomic E-state index is -0.456. The van der Waals surface area contributed by atoms with Crippen LogP contribution in [-0.2, 0) is 11.2 Å². The van der Waals surface area contributed by atoms with Crippen LogP contribution < -0.4 is 5.73 Å². The van der Waals surface area contributed by atoms with Gasteiger partial charge in [-0.2, -0.15) is 0 Å². The average molecular weight is 251 g/mol. The summed E-state index contributed by atoms with van der Waals surface area (Å²) < 4.78 is 4.93. The van der Waals surface area contributed by atoms with Gasteiger partial charge in [0.1, 0.15) is 17.2 Å². The summed E-state index contributed by atoms with van der Waals surface area (Å²) in [4.78, 5) is 20.2. The molecule has 0 amide bonds. The smallest absolute Gasteiger partial charge is 0.343 e. The molecule has 2 N–H and O–H groups in total. The summed E-state index contributed by atoms with van der Waals surface area (Å²) in [5, 5.41) is 0. The summed E-state index contributed by atoms with van der Waals surface area (Å²) in [5.74, 6) is 1.02. The maximum Gasteiger partial charge on any atom is 0.343 e. The van der Waals surface area contributed by atoms with Crippen LogP contribution in [0.3, 0.4) is 0 Å². The number of anilines is 1. The van der Waals surface area contributed by atoms with Gasteiger partial charge >= 0.3 is 5.97 Å². The van der Waals surface area contributed by atoms with E-state index in [4.69, 9.17) is 10.5 Å². The summed E-state index contributed by atoms with van der Waals surface area (Å²) in [6.07, 6.45) is 1.77. The molecule has 0 spiro atoms. The monoisotopic (exact) mass is 251 g/mol. The molecule has 0 atom stereocenters. The van der Waals surface area contributed by atoms with Crippen LogP contribution >= 0.6 is 0 Å². The Hall–Kier alpha value is -1.65. The molecule has 18 heavy (non-hydrogen) atoms. The first kappa shape index (κ1) is 14.4. The van der Waals surface area contributed by atoms with Crippen LogP contribution in [0.15, 0.2) is 0 Å². The quantitative estimate of drug-likeness (QED) is 0.811. The number of rotatable bonds is 5. The number of carbonyl (C=O) groups excluding carboxylic acids is 1. The lowest BCUT2D eigenvalue weighted by Gasteiger charge is -2.10. The number of esters is 1. The van der Waals surface area contributed by atoms with Crippen molar-refractivity contribution in [2.75, 3.05) is 12.3 Å². The van der Waals surface area contributed by atoms with E-state index in [1.54, 1.807) is 13.8 Å². The van der Waals surface area contributed by atoms with Crippen molar-refractivity contribution in [1.29, 1.82) is 0 Å². The molecule has 0 aliphatic rings. The molecule has 0 aliphatic heterocycles. The van der Waals surface area contributed by atoms with Gasteiger partial charge in [0, 0.05) is 6.42 Å². The maximum absolute atomic E-state index is 11.7. The van der Waals surface area contributed by atoms with Crippen molar-refractivity contribution in [3.63, 3.8) is 0 Å². The molecule has 0 bridgehead atoms. The molecule has 0 saturated carbocycles. The topological polar surface area (TPSA) is 78.1 Å². The lowest BCUT2D eigenvalue weighted by Crippen LogP contribution is -2.15. The van der Waals surface area contributed by atoms with Crippen LogP contribution in [0.5, 0.6) is 0 Å². The summed E-state index contributed by atoms with van der Waals surface area (Å²) in [6.45, 7) is 8.10. The Bertz CT molecular complexity index is 407. The molecule has 0 aliphatic carbocycles. The van der Waals surface area contributed by atoms with Gasteiger partial charge in [0.2, 0.25) is 0 Å². The highest BCUT2D eigenvalue weighted by atomic mass is 16.5. The fraction of sp³-hybridized carbons (Fsp3) is 0.615. The number of aromatic nitrogens is 2. The Morgan fingerprint density at radius 1 is 1.39 bits per heavy atom. The van der Waals surface area contributed by atoms with Crippen LogP contribution in [0.2, 0.25) is 0 Å². The van der Waals surface area contributed by atoms with Crippen LogP contribution in [0.25, 0.3) is 0 Å². The molecule has 1 heterocycles. The van der Waals surface area contributed by atoms with E-state index in [2.05, 4.69) is 23.8 Å². The van der Waals surface area contributed by atoms with Gasteiger partial charge in [0.05, 0.1) is 12.3 Å². The van der Waals surface area contributed by atoms with Crippen molar-refractivity contribution in [2.24, 2.45) is 5.92 Å². The van der Waals surface area contributed by atoms with Crippen molar-refractivity contribution in [1.82, 2.24) is 9.97 Å². The van der Waals surface area contributed by atoms with E-state index in [0.717, 1.165) is 12.8 Å². The standard InChI is InChI=1S/C13H21N3O2/c1-5-18-13(17)11-9(4)15-10(16-12(11)14)7-6-8(2)3/h8H,5-7H2,1-4H3,(H2,14,15,16). The Kier molecular flexibility index (Phi) is 5.07. The second-order valence-electron chi connectivity index (χ2n) is 4.64. The largest absolute Gasteiger partial charge is 0.462 e. The first-order valence-corrected chi connectivity index (χ1v) is 6.25. The Morgan fingerprint density at radius 2 is 2.06 bits per heavy atom. The SMILES string of the molecule is CCOC(=O)c1c(C)nc(CCC(C)C)nc1N. The zero-order valence-electron chi connectivity index (χ0n) is 11.5. The van der Waals surface area contributed by atoms with Crippen molar-refractivity contribution in [2.45, 2.75) is 40.5 Å². The van der Waals surface area contributed by atoms with E-state index in [9.17, 15) is 4.79 Å². The highest BCUT2D eigenvalue weighted by Crippen LogP contribution is 2.16. The molecule has 5 nitrogen and oxygen atoms in total. The third-order valence-corrected chi connectivity index (χ3v) is 2.59. The second kappa shape index (κ2) is 6.33. The lowest BCUT2D eigenvalue weighted by molar-refractivity contribution is 0.0525. The fourth-order valence-electron chi connectivity index (χ4n) is 1.64. The van der Waals surface area contributed by atoms with E-state index in [1.165, 1.54) is 0 Å². The van der Waals surface area contributed by atoms with E-state index >= 15 is 0 Å². The number of nitrogens with two attached hydrogens (primary N) is 1. The van der Waals surface area contributed by atoms with Crippen LogP contribution in [0, 0.1) is 12.8 Å². The molecule has 5 heteroatoms. The summed E-state index contributed by atoms with van der Waals surface area (Å²) in [5.41, 5.74) is 6.67. The Morgan fingerprint density at radius 3 is 2.56 bits per heavy atom. The van der Waals surface area contributed by atoms with E-state index in [0.29, 0.717) is 24.0 Å². The number of nitrogens with zero attached hydrogens (tertiary/aromatic N) is 2. The summed E-state index contributed by atoms with van der Waals surface area (Å²) in [6, 6.07) is 0. The number of nitrogen functional groups attached to an aromatic ring is 1. The first-order chi connectivity index (χ1) is 8.45. The lowest BCUT2D eigenvalue weighted by atomic mass is 10.1. The predicted octanol–water partition coefficient (Wildman–Crippen LogP) is 2.13. The third kappa shape index (κ3) is 3.68. The minimum absolute atomic E-state index is 0.208. The van der Waals surface area contributed by atoms with Crippen LogP contribution in [-0.4, -0.2) is 22.5 Å². The molecule has 0 aromatic carbocycles. The molecule has 100 valence electrons. The van der Waals surface area contributed by atoms with Gasteiger partial charge in [-0.05, 0) is 26.2 Å². The normalized spacial score (nSPS) is 10.7. The first-order valence-electron chi connectivity index (χ1n) is 6.25. The van der Waals surface area contributed by atoms with E-state index < -0.39 is 5.97 Å². The minimum Gasteiger partial charge on any atom is -0.462 e. The molecule has 1 aromatic heterocycles. The summed E-state index contributed by atoms with van der Waals surface area (Å²) >= 11 is 0. The van der Waals surface area contributed by atoms with Gasteiger partial charge in [-0.1, -0.05) is 13.8 Å². The molecule has 1 aromatic rings. The third-order valence-electron chi connectivity index (χ3n) is 2.59. The zero-order chi connectivity index (χ0) is 13.7. The van der Waals surface area contributed by atoms with E-state index in [-0.39, 0.29) is 11.4 Å². The molecule has 1 rings (SSSR count).